The van der Waals surface area contributed by atoms with E-state index in [2.05, 4.69) is 25.9 Å². The predicted molar refractivity (Wildman–Crippen MR) is 118 cm³/mol. The Morgan fingerprint density at radius 1 is 1.16 bits per heavy atom. The molecule has 1 aliphatic rings. The monoisotopic (exact) mass is 529 g/mol. The van der Waals surface area contributed by atoms with Crippen LogP contribution < -0.4 is 0 Å². The third kappa shape index (κ3) is 4.41. The molecular weight excluding hydrogens is 513 g/mol. The van der Waals surface area contributed by atoms with Crippen LogP contribution in [0.25, 0.3) is 22.6 Å². The summed E-state index contributed by atoms with van der Waals surface area (Å²) in [7, 11) is -4.00. The zero-order valence-corrected chi connectivity index (χ0v) is 19.1. The molecule has 0 saturated carbocycles. The molecule has 4 rings (SSSR count). The fourth-order valence-electron chi connectivity index (χ4n) is 3.37. The zero-order chi connectivity index (χ0) is 22.3. The molecule has 2 atom stereocenters. The SMILES string of the molecule is O=S(=O)(c1cc(-c2ncc(-c3ccc(Br)c(F)c3)[nH]2)ccc1Cl)N1CC[C@H](O)[C@@H](O)C1. The van der Waals surface area contributed by atoms with Crippen molar-refractivity contribution in [3.05, 3.63) is 57.9 Å². The van der Waals surface area contributed by atoms with Gasteiger partial charge in [-0.05, 0) is 52.7 Å². The van der Waals surface area contributed by atoms with E-state index in [-0.39, 0.29) is 29.4 Å². The molecule has 0 aliphatic carbocycles. The molecule has 0 radical (unpaired) electrons. The molecule has 1 aromatic heterocycles. The number of aliphatic hydroxyl groups is 2. The minimum absolute atomic E-state index is 0.0334. The number of imidazole rings is 1. The standard InChI is InChI=1S/C20H18BrClFN3O4S/c21-13-3-1-11(7-15(13)23)16-9-24-20(25-16)12-2-4-14(22)19(8-12)31(29,30)26-6-5-17(27)18(28)10-26/h1-4,7-9,17-18,27-28H,5-6,10H2,(H,24,25)/t17-,18-/m0/s1. The van der Waals surface area contributed by atoms with Crippen molar-refractivity contribution in [3.63, 3.8) is 0 Å². The van der Waals surface area contributed by atoms with E-state index in [1.807, 2.05) is 0 Å². The average molecular weight is 531 g/mol. The number of rotatable bonds is 4. The zero-order valence-electron chi connectivity index (χ0n) is 16.0. The predicted octanol–water partition coefficient (Wildman–Crippen LogP) is 3.41. The summed E-state index contributed by atoms with van der Waals surface area (Å²) in [5.74, 6) is -0.0251. The lowest BCUT2D eigenvalue weighted by Crippen LogP contribution is -2.48. The smallest absolute Gasteiger partial charge is 0.244 e. The van der Waals surface area contributed by atoms with Crippen LogP contribution in [0.2, 0.25) is 5.02 Å². The Labute approximate surface area is 191 Å². The maximum Gasteiger partial charge on any atom is 0.244 e. The fourth-order valence-corrected chi connectivity index (χ4v) is 5.59. The number of hydrogen-bond acceptors (Lipinski definition) is 5. The Bertz CT molecular complexity index is 1240. The number of aromatic nitrogens is 2. The summed E-state index contributed by atoms with van der Waals surface area (Å²) >= 11 is 9.30. The molecule has 31 heavy (non-hydrogen) atoms. The molecule has 1 saturated heterocycles. The van der Waals surface area contributed by atoms with E-state index in [1.165, 1.54) is 24.4 Å². The third-order valence-corrected chi connectivity index (χ3v) is 8.13. The lowest BCUT2D eigenvalue weighted by atomic mass is 10.1. The summed E-state index contributed by atoms with van der Waals surface area (Å²) in [5, 5.41) is 19.6. The molecule has 0 spiro atoms. The van der Waals surface area contributed by atoms with Gasteiger partial charge in [0.05, 0.1) is 33.6 Å². The lowest BCUT2D eigenvalue weighted by molar-refractivity contribution is -0.0191. The van der Waals surface area contributed by atoms with Crippen molar-refractivity contribution in [2.24, 2.45) is 0 Å². The van der Waals surface area contributed by atoms with E-state index in [9.17, 15) is 23.0 Å². The molecule has 1 fully saturated rings. The number of aromatic amines is 1. The highest BCUT2D eigenvalue weighted by atomic mass is 79.9. The van der Waals surface area contributed by atoms with Crippen LogP contribution in [0.15, 0.2) is 52.0 Å². The van der Waals surface area contributed by atoms with Gasteiger partial charge in [-0.25, -0.2) is 17.8 Å². The first kappa shape index (κ1) is 22.4. The molecule has 0 unspecified atom stereocenters. The molecule has 7 nitrogen and oxygen atoms in total. The summed E-state index contributed by atoms with van der Waals surface area (Å²) in [4.78, 5) is 7.23. The molecule has 11 heteroatoms. The molecule has 2 heterocycles. The Hall–Kier alpha value is -1.82. The first-order chi connectivity index (χ1) is 14.7. The van der Waals surface area contributed by atoms with E-state index in [1.54, 1.807) is 18.2 Å². The van der Waals surface area contributed by atoms with Gasteiger partial charge in [-0.2, -0.15) is 4.31 Å². The first-order valence-electron chi connectivity index (χ1n) is 9.33. The number of benzene rings is 2. The largest absolute Gasteiger partial charge is 0.390 e. The summed E-state index contributed by atoms with van der Waals surface area (Å²) in [6.45, 7) is -0.148. The van der Waals surface area contributed by atoms with Gasteiger partial charge in [0.25, 0.3) is 0 Å². The van der Waals surface area contributed by atoms with Crippen molar-refractivity contribution in [2.45, 2.75) is 23.5 Å². The van der Waals surface area contributed by atoms with Crippen LogP contribution in [-0.4, -0.2) is 58.2 Å². The number of aliphatic hydroxyl groups excluding tert-OH is 2. The van der Waals surface area contributed by atoms with Gasteiger partial charge >= 0.3 is 0 Å². The van der Waals surface area contributed by atoms with Gasteiger partial charge in [0.15, 0.2) is 0 Å². The molecule has 164 valence electrons. The van der Waals surface area contributed by atoms with Crippen LogP contribution >= 0.6 is 27.5 Å². The normalized spacial score (nSPS) is 20.2. The topological polar surface area (TPSA) is 107 Å². The van der Waals surface area contributed by atoms with Gasteiger partial charge in [-0.1, -0.05) is 17.7 Å². The summed E-state index contributed by atoms with van der Waals surface area (Å²) in [5.41, 5.74) is 1.63. The van der Waals surface area contributed by atoms with Crippen molar-refractivity contribution in [2.75, 3.05) is 13.1 Å². The van der Waals surface area contributed by atoms with E-state index in [0.29, 0.717) is 27.1 Å². The number of sulfonamides is 1. The Kier molecular flexibility index (Phi) is 6.21. The van der Waals surface area contributed by atoms with Crippen LogP contribution in [0.5, 0.6) is 0 Å². The van der Waals surface area contributed by atoms with Crippen molar-refractivity contribution >= 4 is 37.6 Å². The second kappa shape index (κ2) is 8.61. The number of hydrogen-bond donors (Lipinski definition) is 3. The summed E-state index contributed by atoms with van der Waals surface area (Å²) < 4.78 is 41.5. The number of piperidine rings is 1. The van der Waals surface area contributed by atoms with Gasteiger partial charge in [-0.15, -0.1) is 0 Å². The molecule has 1 aliphatic heterocycles. The highest BCUT2D eigenvalue weighted by molar-refractivity contribution is 9.10. The molecular formula is C20H18BrClFN3O4S. The van der Waals surface area contributed by atoms with Crippen LogP contribution in [0.3, 0.4) is 0 Å². The van der Waals surface area contributed by atoms with Gasteiger partial charge in [-0.3, -0.25) is 0 Å². The van der Waals surface area contributed by atoms with Gasteiger partial charge in [0.2, 0.25) is 10.0 Å². The lowest BCUT2D eigenvalue weighted by Gasteiger charge is -2.32. The highest BCUT2D eigenvalue weighted by Gasteiger charge is 2.35. The van der Waals surface area contributed by atoms with Crippen LogP contribution in [-0.2, 0) is 10.0 Å². The van der Waals surface area contributed by atoms with Gasteiger partial charge in [0, 0.05) is 24.2 Å². The number of nitrogens with zero attached hydrogens (tertiary/aromatic N) is 2. The molecule has 0 amide bonds. The fraction of sp³-hybridized carbons (Fsp3) is 0.250. The van der Waals surface area contributed by atoms with Gasteiger partial charge in [0.1, 0.15) is 16.5 Å². The quantitative estimate of drug-likeness (QED) is 0.479. The van der Waals surface area contributed by atoms with Crippen LogP contribution in [0.1, 0.15) is 6.42 Å². The van der Waals surface area contributed by atoms with E-state index in [4.69, 9.17) is 11.6 Å². The number of nitrogens with one attached hydrogen (secondary N) is 1. The second-order valence-electron chi connectivity index (χ2n) is 7.21. The summed E-state index contributed by atoms with van der Waals surface area (Å²) in [6, 6.07) is 9.15. The van der Waals surface area contributed by atoms with E-state index in [0.717, 1.165) is 4.31 Å². The second-order valence-corrected chi connectivity index (χ2v) is 10.4. The van der Waals surface area contributed by atoms with Crippen molar-refractivity contribution in [1.82, 2.24) is 14.3 Å². The minimum atomic E-state index is -4.00. The third-order valence-electron chi connectivity index (χ3n) is 5.14. The Morgan fingerprint density at radius 3 is 2.61 bits per heavy atom. The highest BCUT2D eigenvalue weighted by Crippen LogP contribution is 2.32. The van der Waals surface area contributed by atoms with E-state index >= 15 is 0 Å². The minimum Gasteiger partial charge on any atom is -0.390 e. The molecule has 3 aromatic rings. The molecule has 3 N–H and O–H groups in total. The maximum atomic E-state index is 13.9. The molecule has 2 aromatic carbocycles. The number of halogens is 3. The van der Waals surface area contributed by atoms with Crippen molar-refractivity contribution in [3.8, 4) is 22.6 Å². The average Bonchev–Trinajstić information content (AvgIpc) is 3.22. The van der Waals surface area contributed by atoms with Crippen LogP contribution in [0.4, 0.5) is 4.39 Å². The maximum absolute atomic E-state index is 13.9. The Morgan fingerprint density at radius 2 is 1.90 bits per heavy atom. The summed E-state index contributed by atoms with van der Waals surface area (Å²) in [6.07, 6.45) is -0.464. The van der Waals surface area contributed by atoms with Gasteiger partial charge < -0.3 is 15.2 Å². The van der Waals surface area contributed by atoms with Crippen LogP contribution in [0, 0.1) is 5.82 Å². The van der Waals surface area contributed by atoms with Crippen molar-refractivity contribution < 1.29 is 23.0 Å². The van der Waals surface area contributed by atoms with E-state index < -0.39 is 28.0 Å². The number of H-pyrrole nitrogens is 1. The first-order valence-corrected chi connectivity index (χ1v) is 11.9. The Balaban J connectivity index is 1.67. The molecule has 0 bridgehead atoms. The van der Waals surface area contributed by atoms with Crippen molar-refractivity contribution in [1.29, 1.82) is 0 Å². The number of β-amino-alcohol motifs (C(OH)–C–C–N with tert-alkyl or cyclic N) is 1.